The van der Waals surface area contributed by atoms with E-state index in [1.807, 2.05) is 6.07 Å². The molecule has 0 radical (unpaired) electrons. The number of aryl methyl sites for hydroxylation is 2. The molecule has 0 saturated carbocycles. The molecule has 126 valence electrons. The van der Waals surface area contributed by atoms with Crippen molar-refractivity contribution < 1.29 is 14.5 Å². The van der Waals surface area contributed by atoms with Gasteiger partial charge in [0.25, 0.3) is 5.91 Å². The predicted octanol–water partition coefficient (Wildman–Crippen LogP) is 0.530. The van der Waals surface area contributed by atoms with Crippen LogP contribution in [0.25, 0.3) is 0 Å². The number of quaternary nitrogens is 1. The van der Waals surface area contributed by atoms with Gasteiger partial charge in [-0.3, -0.25) is 9.59 Å². The van der Waals surface area contributed by atoms with Gasteiger partial charge in [-0.1, -0.05) is 32.0 Å². The summed E-state index contributed by atoms with van der Waals surface area (Å²) in [7, 11) is 0. The predicted molar refractivity (Wildman–Crippen MR) is 91.3 cm³/mol. The van der Waals surface area contributed by atoms with E-state index in [9.17, 15) is 9.59 Å². The molecule has 0 atom stereocenters. The highest BCUT2D eigenvalue weighted by Crippen LogP contribution is 2.22. The van der Waals surface area contributed by atoms with E-state index in [1.165, 1.54) is 16.0 Å². The number of hydrogen-bond donors (Lipinski definition) is 3. The van der Waals surface area contributed by atoms with Gasteiger partial charge in [-0.15, -0.1) is 0 Å². The van der Waals surface area contributed by atoms with Crippen LogP contribution >= 0.6 is 0 Å². The van der Waals surface area contributed by atoms with E-state index in [4.69, 9.17) is 5.73 Å². The third-order valence-corrected chi connectivity index (χ3v) is 4.77. The van der Waals surface area contributed by atoms with Crippen LogP contribution in [-0.2, 0) is 22.4 Å². The van der Waals surface area contributed by atoms with Crippen molar-refractivity contribution in [3.8, 4) is 0 Å². The number of hydrogen-bond acceptors (Lipinski definition) is 2. The Bertz CT molecular complexity index is 541. The first kappa shape index (κ1) is 17.5. The van der Waals surface area contributed by atoms with Gasteiger partial charge in [0.05, 0.1) is 13.1 Å². The van der Waals surface area contributed by atoms with Crippen LogP contribution in [0.4, 0.5) is 5.69 Å². The van der Waals surface area contributed by atoms with E-state index in [1.54, 1.807) is 0 Å². The maximum Gasteiger partial charge on any atom is 0.279 e. The van der Waals surface area contributed by atoms with Crippen LogP contribution in [0.3, 0.4) is 0 Å². The van der Waals surface area contributed by atoms with Gasteiger partial charge in [0.1, 0.15) is 0 Å². The van der Waals surface area contributed by atoms with E-state index >= 15 is 0 Å². The number of likely N-dealkylation sites (tertiary alicyclic amines) is 1. The van der Waals surface area contributed by atoms with Crippen molar-refractivity contribution >= 4 is 17.5 Å². The zero-order valence-corrected chi connectivity index (χ0v) is 14.2. The summed E-state index contributed by atoms with van der Waals surface area (Å²) in [4.78, 5) is 24.8. The van der Waals surface area contributed by atoms with E-state index in [0.717, 1.165) is 44.5 Å². The minimum absolute atomic E-state index is 0.0191. The molecular weight excluding hydrogens is 290 g/mol. The molecular formula is C18H28N3O2+. The Morgan fingerprint density at radius 2 is 1.74 bits per heavy atom. The number of primary amides is 1. The molecule has 1 aromatic rings. The second-order valence-electron chi connectivity index (χ2n) is 6.31. The number of amides is 2. The summed E-state index contributed by atoms with van der Waals surface area (Å²) < 4.78 is 0. The van der Waals surface area contributed by atoms with Gasteiger partial charge in [0, 0.05) is 24.4 Å². The van der Waals surface area contributed by atoms with Crippen LogP contribution in [0.1, 0.15) is 37.8 Å². The largest absolute Gasteiger partial charge is 0.369 e. The molecule has 1 aromatic carbocycles. The minimum Gasteiger partial charge on any atom is -0.369 e. The molecule has 0 aliphatic carbocycles. The zero-order chi connectivity index (χ0) is 16.8. The highest BCUT2D eigenvalue weighted by molar-refractivity contribution is 5.93. The lowest BCUT2D eigenvalue weighted by Gasteiger charge is -2.27. The van der Waals surface area contributed by atoms with Gasteiger partial charge in [0.15, 0.2) is 6.54 Å². The quantitative estimate of drug-likeness (QED) is 0.715. The first-order chi connectivity index (χ1) is 11.0. The third kappa shape index (κ3) is 4.55. The fourth-order valence-electron chi connectivity index (χ4n) is 3.30. The lowest BCUT2D eigenvalue weighted by Crippen LogP contribution is -3.14. The second-order valence-corrected chi connectivity index (χ2v) is 6.31. The topological polar surface area (TPSA) is 76.6 Å². The van der Waals surface area contributed by atoms with E-state index in [-0.39, 0.29) is 17.7 Å². The van der Waals surface area contributed by atoms with E-state index in [2.05, 4.69) is 31.3 Å². The van der Waals surface area contributed by atoms with Gasteiger partial charge in [0.2, 0.25) is 5.91 Å². The lowest BCUT2D eigenvalue weighted by molar-refractivity contribution is -0.897. The molecule has 23 heavy (non-hydrogen) atoms. The maximum absolute atomic E-state index is 12.4. The Morgan fingerprint density at radius 3 is 2.22 bits per heavy atom. The molecule has 2 amide bonds. The van der Waals surface area contributed by atoms with Gasteiger partial charge < -0.3 is 16.0 Å². The highest BCUT2D eigenvalue weighted by atomic mass is 16.2. The van der Waals surface area contributed by atoms with Gasteiger partial charge >= 0.3 is 0 Å². The number of benzene rings is 1. The van der Waals surface area contributed by atoms with Crippen molar-refractivity contribution in [3.63, 3.8) is 0 Å². The summed E-state index contributed by atoms with van der Waals surface area (Å²) in [6, 6.07) is 6.19. The van der Waals surface area contributed by atoms with Crippen molar-refractivity contribution in [2.75, 3.05) is 25.0 Å². The molecule has 0 spiro atoms. The van der Waals surface area contributed by atoms with Crippen molar-refractivity contribution in [2.45, 2.75) is 39.5 Å². The van der Waals surface area contributed by atoms with Crippen molar-refractivity contribution in [3.05, 3.63) is 29.3 Å². The molecule has 1 aliphatic rings. The minimum atomic E-state index is -0.210. The molecule has 1 saturated heterocycles. The Labute approximate surface area is 138 Å². The first-order valence-corrected chi connectivity index (χ1v) is 8.58. The molecule has 1 heterocycles. The molecule has 5 heteroatoms. The average molecular weight is 318 g/mol. The Hall–Kier alpha value is -1.88. The van der Waals surface area contributed by atoms with Crippen LogP contribution in [0, 0.1) is 5.92 Å². The summed E-state index contributed by atoms with van der Waals surface area (Å²) in [5.74, 6) is -0.180. The second kappa shape index (κ2) is 8.11. The van der Waals surface area contributed by atoms with Crippen molar-refractivity contribution in [1.82, 2.24) is 0 Å². The van der Waals surface area contributed by atoms with Crippen molar-refractivity contribution in [2.24, 2.45) is 11.7 Å². The smallest absolute Gasteiger partial charge is 0.279 e. The maximum atomic E-state index is 12.4. The van der Waals surface area contributed by atoms with E-state index in [0.29, 0.717) is 6.54 Å². The molecule has 2 rings (SSSR count). The monoisotopic (exact) mass is 318 g/mol. The molecule has 1 fully saturated rings. The Kier molecular flexibility index (Phi) is 6.16. The number of anilines is 1. The molecule has 4 N–H and O–H groups in total. The third-order valence-electron chi connectivity index (χ3n) is 4.77. The number of carbonyl (C=O) groups is 2. The number of para-hydroxylation sites is 1. The van der Waals surface area contributed by atoms with Gasteiger partial charge in [-0.05, 0) is 24.0 Å². The van der Waals surface area contributed by atoms with Crippen LogP contribution in [0.5, 0.6) is 0 Å². The van der Waals surface area contributed by atoms with Crippen LogP contribution in [-0.4, -0.2) is 31.4 Å². The standard InChI is InChI=1S/C18H27N3O2/c1-3-13-6-5-7-14(4-2)17(13)20-16(22)12-21-10-8-15(9-11-21)18(19)23/h5-7,15H,3-4,8-12H2,1-2H3,(H2,19,23)(H,20,22)/p+1. The van der Waals surface area contributed by atoms with Gasteiger partial charge in [-0.2, -0.15) is 0 Å². The number of nitrogens with two attached hydrogens (primary N) is 1. The Balaban J connectivity index is 1.94. The number of carbonyl (C=O) groups excluding carboxylic acids is 2. The fourth-order valence-corrected chi connectivity index (χ4v) is 3.30. The molecule has 1 aliphatic heterocycles. The summed E-state index contributed by atoms with van der Waals surface area (Å²) in [5, 5.41) is 3.11. The summed E-state index contributed by atoms with van der Waals surface area (Å²) in [5.41, 5.74) is 8.69. The molecule has 0 unspecified atom stereocenters. The molecule has 5 nitrogen and oxygen atoms in total. The van der Waals surface area contributed by atoms with Crippen molar-refractivity contribution in [1.29, 1.82) is 0 Å². The van der Waals surface area contributed by atoms with Crippen LogP contribution in [0.15, 0.2) is 18.2 Å². The summed E-state index contributed by atoms with van der Waals surface area (Å²) in [6.07, 6.45) is 3.37. The normalized spacial score (nSPS) is 21.0. The first-order valence-electron chi connectivity index (χ1n) is 8.58. The summed E-state index contributed by atoms with van der Waals surface area (Å²) >= 11 is 0. The zero-order valence-electron chi connectivity index (χ0n) is 14.2. The SMILES string of the molecule is CCc1cccc(CC)c1NC(=O)C[NH+]1CCC(C(N)=O)CC1. The fraction of sp³-hybridized carbons (Fsp3) is 0.556. The summed E-state index contributed by atoms with van der Waals surface area (Å²) in [6.45, 7) is 6.31. The number of piperidine rings is 1. The van der Waals surface area contributed by atoms with Crippen LogP contribution in [0.2, 0.25) is 0 Å². The molecule has 0 aromatic heterocycles. The number of nitrogens with one attached hydrogen (secondary N) is 2. The number of rotatable bonds is 6. The van der Waals surface area contributed by atoms with E-state index < -0.39 is 0 Å². The van der Waals surface area contributed by atoms with Gasteiger partial charge in [-0.25, -0.2) is 0 Å². The van der Waals surface area contributed by atoms with Crippen LogP contribution < -0.4 is 16.0 Å². The molecule has 0 bridgehead atoms. The average Bonchev–Trinajstić information content (AvgIpc) is 2.55. The lowest BCUT2D eigenvalue weighted by atomic mass is 9.96. The Morgan fingerprint density at radius 1 is 1.17 bits per heavy atom. The highest BCUT2D eigenvalue weighted by Gasteiger charge is 2.27.